The molecule has 0 amide bonds. The maximum atomic E-state index is 10.1. The predicted molar refractivity (Wildman–Crippen MR) is 47.3 cm³/mol. The first-order valence-corrected chi connectivity index (χ1v) is 4.32. The van der Waals surface area contributed by atoms with E-state index in [1.807, 2.05) is 0 Å². The van der Waals surface area contributed by atoms with Crippen molar-refractivity contribution in [1.29, 1.82) is 0 Å². The Hall–Kier alpha value is -0.650. The topological polar surface area (TPSA) is 67.8 Å². The molecular formula is C8H17NO4. The van der Waals surface area contributed by atoms with Crippen LogP contribution in [-0.4, -0.2) is 37.9 Å². The molecule has 0 aromatic carbocycles. The van der Waals surface area contributed by atoms with Crippen molar-refractivity contribution in [2.75, 3.05) is 26.9 Å². The van der Waals surface area contributed by atoms with Gasteiger partial charge in [0.25, 0.3) is 0 Å². The van der Waals surface area contributed by atoms with Gasteiger partial charge in [0.2, 0.25) is 0 Å². The van der Waals surface area contributed by atoms with Gasteiger partial charge in [-0.2, -0.15) is 0 Å². The Balaban J connectivity index is 2.87. The van der Waals surface area contributed by atoms with E-state index in [1.165, 1.54) is 0 Å². The first kappa shape index (κ1) is 12.3. The summed E-state index contributed by atoms with van der Waals surface area (Å²) in [6, 6.07) is 0. The van der Waals surface area contributed by atoms with Crippen molar-refractivity contribution in [3.63, 3.8) is 0 Å². The zero-order chi connectivity index (χ0) is 9.94. The van der Waals surface area contributed by atoms with E-state index >= 15 is 0 Å². The molecule has 0 radical (unpaired) electrons. The maximum Gasteiger partial charge on any atom is 0.303 e. The van der Waals surface area contributed by atoms with E-state index in [4.69, 9.17) is 14.7 Å². The molecule has 5 nitrogen and oxygen atoms in total. The summed E-state index contributed by atoms with van der Waals surface area (Å²) in [6.07, 6.45) is 1.70. The summed E-state index contributed by atoms with van der Waals surface area (Å²) in [5.74, 6) is -0.750. The lowest BCUT2D eigenvalue weighted by atomic mass is 10.2. The quantitative estimate of drug-likeness (QED) is 0.408. The summed E-state index contributed by atoms with van der Waals surface area (Å²) in [6.45, 7) is 1.74. The fraction of sp³-hybridized carbons (Fsp3) is 0.875. The van der Waals surface area contributed by atoms with Crippen LogP contribution in [0.2, 0.25) is 0 Å². The summed E-state index contributed by atoms with van der Waals surface area (Å²) in [7, 11) is 1.61. The molecule has 0 fully saturated rings. The zero-order valence-electron chi connectivity index (χ0n) is 7.91. The van der Waals surface area contributed by atoms with Crippen molar-refractivity contribution >= 4 is 5.97 Å². The van der Waals surface area contributed by atoms with E-state index in [0.29, 0.717) is 26.2 Å². The van der Waals surface area contributed by atoms with Crippen molar-refractivity contribution in [1.82, 2.24) is 5.48 Å². The lowest BCUT2D eigenvalue weighted by Crippen LogP contribution is -2.18. The fourth-order valence-corrected chi connectivity index (χ4v) is 0.743. The highest BCUT2D eigenvalue weighted by molar-refractivity contribution is 5.66. The summed E-state index contributed by atoms with van der Waals surface area (Å²) >= 11 is 0. The Bertz CT molecular complexity index is 129. The second kappa shape index (κ2) is 9.44. The highest BCUT2D eigenvalue weighted by atomic mass is 16.7. The number of hydrogen-bond donors (Lipinski definition) is 2. The number of unbranched alkanes of at least 4 members (excludes halogenated alkanes) is 1. The number of carboxylic acid groups (broad SMARTS) is 1. The van der Waals surface area contributed by atoms with Gasteiger partial charge in [-0.05, 0) is 12.8 Å². The van der Waals surface area contributed by atoms with E-state index in [0.717, 1.165) is 6.42 Å². The van der Waals surface area contributed by atoms with Crippen LogP contribution in [0.1, 0.15) is 19.3 Å². The second-order valence-electron chi connectivity index (χ2n) is 2.59. The van der Waals surface area contributed by atoms with Gasteiger partial charge in [0.15, 0.2) is 0 Å². The molecule has 0 heterocycles. The zero-order valence-corrected chi connectivity index (χ0v) is 7.91. The third-order valence-corrected chi connectivity index (χ3v) is 1.41. The highest BCUT2D eigenvalue weighted by Crippen LogP contribution is 1.92. The number of methoxy groups -OCH3 is 1. The lowest BCUT2D eigenvalue weighted by Gasteiger charge is -2.03. The lowest BCUT2D eigenvalue weighted by molar-refractivity contribution is -0.137. The third kappa shape index (κ3) is 11.3. The van der Waals surface area contributed by atoms with Crippen LogP contribution in [0.4, 0.5) is 0 Å². The molecule has 0 aliphatic carbocycles. The first-order valence-electron chi connectivity index (χ1n) is 4.32. The minimum absolute atomic E-state index is 0.222. The van der Waals surface area contributed by atoms with Crippen molar-refractivity contribution < 1.29 is 19.5 Å². The number of rotatable bonds is 9. The van der Waals surface area contributed by atoms with Gasteiger partial charge in [-0.25, -0.2) is 5.48 Å². The summed E-state index contributed by atoms with van der Waals surface area (Å²) in [5, 5.41) is 8.32. The van der Waals surface area contributed by atoms with Crippen LogP contribution < -0.4 is 5.48 Å². The number of carbonyl (C=O) groups is 1. The van der Waals surface area contributed by atoms with E-state index in [-0.39, 0.29) is 6.42 Å². The van der Waals surface area contributed by atoms with Crippen molar-refractivity contribution in [3.8, 4) is 0 Å². The fourth-order valence-electron chi connectivity index (χ4n) is 0.743. The molecule has 0 atom stereocenters. The van der Waals surface area contributed by atoms with Gasteiger partial charge in [0.1, 0.15) is 0 Å². The number of ether oxygens (including phenoxy) is 1. The predicted octanol–water partition coefficient (Wildman–Crippen LogP) is 0.409. The SMILES string of the molecule is COCCONCCCCC(=O)O. The minimum Gasteiger partial charge on any atom is -0.481 e. The van der Waals surface area contributed by atoms with Crippen molar-refractivity contribution in [2.45, 2.75) is 19.3 Å². The number of nitrogens with one attached hydrogen (secondary N) is 1. The van der Waals surface area contributed by atoms with Crippen LogP contribution in [0.15, 0.2) is 0 Å². The third-order valence-electron chi connectivity index (χ3n) is 1.41. The molecule has 2 N–H and O–H groups in total. The normalized spacial score (nSPS) is 10.2. The van der Waals surface area contributed by atoms with Gasteiger partial charge in [-0.1, -0.05) is 0 Å². The Morgan fingerprint density at radius 3 is 2.77 bits per heavy atom. The Labute approximate surface area is 78.0 Å². The standard InChI is InChI=1S/C8H17NO4/c1-12-6-7-13-9-5-3-2-4-8(10)11/h9H,2-7H2,1H3,(H,10,11). The largest absolute Gasteiger partial charge is 0.481 e. The van der Waals surface area contributed by atoms with E-state index in [2.05, 4.69) is 5.48 Å². The molecule has 0 aliphatic heterocycles. The van der Waals surface area contributed by atoms with Gasteiger partial charge in [0.05, 0.1) is 13.2 Å². The smallest absolute Gasteiger partial charge is 0.303 e. The van der Waals surface area contributed by atoms with Crippen LogP contribution in [0, 0.1) is 0 Å². The van der Waals surface area contributed by atoms with Crippen molar-refractivity contribution in [2.24, 2.45) is 0 Å². The average Bonchev–Trinajstić information content (AvgIpc) is 2.09. The average molecular weight is 191 g/mol. The van der Waals surface area contributed by atoms with Gasteiger partial charge in [-0.3, -0.25) is 9.63 Å². The van der Waals surface area contributed by atoms with Gasteiger partial charge < -0.3 is 9.84 Å². The van der Waals surface area contributed by atoms with Crippen LogP contribution in [0.3, 0.4) is 0 Å². The monoisotopic (exact) mass is 191 g/mol. The van der Waals surface area contributed by atoms with Crippen LogP contribution in [-0.2, 0) is 14.4 Å². The molecule has 0 aromatic rings. The number of carboxylic acids is 1. The highest BCUT2D eigenvalue weighted by Gasteiger charge is 1.95. The molecule has 0 rings (SSSR count). The molecule has 0 aliphatic rings. The molecule has 78 valence electrons. The van der Waals surface area contributed by atoms with E-state index in [9.17, 15) is 4.79 Å². The molecule has 0 spiro atoms. The number of aliphatic carboxylic acids is 1. The molecule has 0 saturated carbocycles. The summed E-state index contributed by atoms with van der Waals surface area (Å²) < 4.78 is 4.76. The second-order valence-corrected chi connectivity index (χ2v) is 2.59. The molecular weight excluding hydrogens is 174 g/mol. The minimum atomic E-state index is -0.750. The van der Waals surface area contributed by atoms with Gasteiger partial charge in [0, 0.05) is 20.1 Å². The number of hydroxylamine groups is 1. The van der Waals surface area contributed by atoms with Gasteiger partial charge >= 0.3 is 5.97 Å². The van der Waals surface area contributed by atoms with E-state index in [1.54, 1.807) is 7.11 Å². The van der Waals surface area contributed by atoms with Crippen molar-refractivity contribution in [3.05, 3.63) is 0 Å². The first-order chi connectivity index (χ1) is 6.27. The van der Waals surface area contributed by atoms with Crippen LogP contribution >= 0.6 is 0 Å². The molecule has 0 saturated heterocycles. The summed E-state index contributed by atoms with van der Waals surface area (Å²) in [5.41, 5.74) is 2.72. The molecule has 0 bridgehead atoms. The Morgan fingerprint density at radius 2 is 2.15 bits per heavy atom. The number of hydrogen-bond acceptors (Lipinski definition) is 4. The Kier molecular flexibility index (Phi) is 8.97. The summed E-state index contributed by atoms with van der Waals surface area (Å²) in [4.78, 5) is 15.1. The maximum absolute atomic E-state index is 10.1. The Morgan fingerprint density at radius 1 is 1.38 bits per heavy atom. The molecule has 13 heavy (non-hydrogen) atoms. The van der Waals surface area contributed by atoms with E-state index < -0.39 is 5.97 Å². The molecule has 0 aromatic heterocycles. The van der Waals surface area contributed by atoms with Gasteiger partial charge in [-0.15, -0.1) is 0 Å². The molecule has 0 unspecified atom stereocenters. The van der Waals surface area contributed by atoms with Crippen LogP contribution in [0.25, 0.3) is 0 Å². The molecule has 5 heteroatoms. The van der Waals surface area contributed by atoms with Crippen LogP contribution in [0.5, 0.6) is 0 Å².